The molecule has 4 heterocycles. The zero-order chi connectivity index (χ0) is 33.0. The van der Waals surface area contributed by atoms with Gasteiger partial charge in [0.15, 0.2) is 17.3 Å². The number of nitrogens with one attached hydrogen (secondary N) is 1. The van der Waals surface area contributed by atoms with E-state index in [1.54, 1.807) is 6.07 Å². The summed E-state index contributed by atoms with van der Waals surface area (Å²) in [6.07, 6.45) is -7.18. The number of anilines is 1. The average molecular weight is 662 g/mol. The molecule has 0 aliphatic carbocycles. The molecule has 0 saturated carbocycles. The number of carbonyl (C=O) groups is 2. The molecule has 13 nitrogen and oxygen atoms in total. The Morgan fingerprint density at radius 3 is 2.50 bits per heavy atom. The number of aromatic nitrogens is 7. The molecule has 0 atom stereocenters. The Kier molecular flexibility index (Phi) is 7.30. The highest BCUT2D eigenvalue weighted by Crippen LogP contribution is 2.47. The van der Waals surface area contributed by atoms with Crippen molar-refractivity contribution in [1.29, 1.82) is 0 Å². The first-order chi connectivity index (χ1) is 21.7. The maximum absolute atomic E-state index is 13.8. The third-order valence-corrected chi connectivity index (χ3v) is 6.83. The Morgan fingerprint density at radius 1 is 1.09 bits per heavy atom. The van der Waals surface area contributed by atoms with E-state index >= 15 is 0 Å². The molecule has 0 fully saturated rings. The largest absolute Gasteiger partial charge is 0.586 e. The molecule has 1 aliphatic heterocycles. The molecule has 0 radical (unpaired) electrons. The molecule has 3 aromatic heterocycles. The van der Waals surface area contributed by atoms with Crippen molar-refractivity contribution in [3.8, 4) is 28.7 Å². The van der Waals surface area contributed by atoms with E-state index in [0.717, 1.165) is 27.7 Å². The summed E-state index contributed by atoms with van der Waals surface area (Å²) in [6, 6.07) is 9.67. The third kappa shape index (κ3) is 5.76. The van der Waals surface area contributed by atoms with Crippen LogP contribution < -0.4 is 20.5 Å². The number of benzene rings is 2. The van der Waals surface area contributed by atoms with Gasteiger partial charge in [0.1, 0.15) is 17.8 Å². The van der Waals surface area contributed by atoms with Crippen molar-refractivity contribution in [3.63, 3.8) is 0 Å². The highest BCUT2D eigenvalue weighted by Gasteiger charge is 2.46. The number of alkyl halides is 5. The number of amides is 2. The van der Waals surface area contributed by atoms with E-state index in [2.05, 4.69) is 40.3 Å². The number of hydrogen-bond donors (Lipinski definition) is 2. The lowest BCUT2D eigenvalue weighted by atomic mass is 10.0. The number of fused-ring (bicyclic) bond motifs is 1. The van der Waals surface area contributed by atoms with Gasteiger partial charge in [-0.15, -0.1) is 19.0 Å². The lowest BCUT2D eigenvalue weighted by molar-refractivity contribution is -0.286. The standard InChI is InChI=1S/C27H17ClF5N9O4/c1-12-9-18-21(46-27(32,33)45-18)19(22(34)43)20(12)36-25(44)17-10-15(38-42(17)24-16(28)3-2-8-35-24)11-41-39-23(37-40-41)13-4-6-14(7-5-13)26(29,30)31/h2-10H,11H2,1H3,(H2,34,43)(H,36,44). The van der Waals surface area contributed by atoms with Crippen LogP contribution in [0, 0.1) is 6.92 Å². The number of nitrogens with zero attached hydrogens (tertiary/aromatic N) is 7. The van der Waals surface area contributed by atoms with Gasteiger partial charge in [-0.1, -0.05) is 23.7 Å². The SMILES string of the molecule is Cc1cc2c(c(C(N)=O)c1NC(=O)c1cc(Cn3nnc(-c4ccc(C(F)(F)F)cc4)n3)nn1-c1ncccc1Cl)OC(F)(F)O2. The number of halogens is 6. The molecule has 19 heteroatoms. The maximum atomic E-state index is 13.8. The first-order valence-corrected chi connectivity index (χ1v) is 13.3. The Balaban J connectivity index is 1.34. The van der Waals surface area contributed by atoms with Crippen molar-refractivity contribution in [2.24, 2.45) is 5.73 Å². The van der Waals surface area contributed by atoms with Crippen LogP contribution in [0.2, 0.25) is 5.02 Å². The molecule has 0 unspecified atom stereocenters. The van der Waals surface area contributed by atoms with E-state index in [1.165, 1.54) is 37.4 Å². The second-order valence-corrected chi connectivity index (χ2v) is 10.1. The fourth-order valence-corrected chi connectivity index (χ4v) is 4.73. The van der Waals surface area contributed by atoms with E-state index in [1.807, 2.05) is 0 Å². The Morgan fingerprint density at radius 2 is 1.83 bits per heavy atom. The summed E-state index contributed by atoms with van der Waals surface area (Å²) in [5.41, 5.74) is 4.28. The molecule has 0 saturated heterocycles. The van der Waals surface area contributed by atoms with Crippen LogP contribution in [-0.2, 0) is 12.7 Å². The molecule has 3 N–H and O–H groups in total. The molecule has 2 aromatic carbocycles. The Bertz CT molecular complexity index is 2010. The minimum Gasteiger partial charge on any atom is -0.395 e. The highest BCUT2D eigenvalue weighted by atomic mass is 35.5. The fourth-order valence-electron chi connectivity index (χ4n) is 4.53. The van der Waals surface area contributed by atoms with E-state index in [9.17, 15) is 31.5 Å². The van der Waals surface area contributed by atoms with Crippen molar-refractivity contribution < 1.29 is 41.0 Å². The predicted molar refractivity (Wildman–Crippen MR) is 148 cm³/mol. The number of ether oxygens (including phenoxy) is 2. The van der Waals surface area contributed by atoms with Crippen LogP contribution in [0.3, 0.4) is 0 Å². The predicted octanol–water partition coefficient (Wildman–Crippen LogP) is 4.62. The van der Waals surface area contributed by atoms with E-state index < -0.39 is 46.9 Å². The van der Waals surface area contributed by atoms with Gasteiger partial charge in [0.2, 0.25) is 5.82 Å². The van der Waals surface area contributed by atoms with Crippen LogP contribution in [0.5, 0.6) is 11.5 Å². The van der Waals surface area contributed by atoms with Crippen molar-refractivity contribution in [2.45, 2.75) is 25.9 Å². The van der Waals surface area contributed by atoms with Crippen LogP contribution in [0.4, 0.5) is 27.6 Å². The summed E-state index contributed by atoms with van der Waals surface area (Å²) < 4.78 is 76.4. The normalized spacial score (nSPS) is 13.5. The van der Waals surface area contributed by atoms with Gasteiger partial charge in [-0.2, -0.15) is 23.1 Å². The molecular formula is C27H17ClF5N9O4. The first-order valence-electron chi connectivity index (χ1n) is 12.9. The van der Waals surface area contributed by atoms with Gasteiger partial charge >= 0.3 is 12.5 Å². The molecular weight excluding hydrogens is 645 g/mol. The summed E-state index contributed by atoms with van der Waals surface area (Å²) in [6.45, 7) is 1.25. The number of tetrazole rings is 1. The first kappa shape index (κ1) is 30.4. The van der Waals surface area contributed by atoms with E-state index in [-0.39, 0.29) is 51.4 Å². The van der Waals surface area contributed by atoms with Crippen molar-refractivity contribution in [3.05, 3.63) is 87.8 Å². The molecule has 46 heavy (non-hydrogen) atoms. The molecule has 0 spiro atoms. The highest BCUT2D eigenvalue weighted by molar-refractivity contribution is 6.32. The quantitative estimate of drug-likeness (QED) is 0.237. The Labute approximate surface area is 258 Å². The van der Waals surface area contributed by atoms with Crippen LogP contribution in [-0.4, -0.2) is 53.1 Å². The maximum Gasteiger partial charge on any atom is 0.586 e. The zero-order valence-corrected chi connectivity index (χ0v) is 23.8. The number of nitrogens with two attached hydrogens (primary N) is 1. The van der Waals surface area contributed by atoms with Gasteiger partial charge in [0, 0.05) is 11.8 Å². The minimum absolute atomic E-state index is 0.0294. The van der Waals surface area contributed by atoms with Gasteiger partial charge in [0.25, 0.3) is 11.8 Å². The molecule has 1 aliphatic rings. The third-order valence-electron chi connectivity index (χ3n) is 6.54. The lowest BCUT2D eigenvalue weighted by Crippen LogP contribution is -2.26. The second-order valence-electron chi connectivity index (χ2n) is 9.72. The van der Waals surface area contributed by atoms with Crippen molar-refractivity contribution >= 4 is 29.1 Å². The van der Waals surface area contributed by atoms with E-state index in [0.29, 0.717) is 0 Å². The van der Waals surface area contributed by atoms with Crippen molar-refractivity contribution in [1.82, 2.24) is 35.0 Å². The number of pyridine rings is 1. The fraction of sp³-hybridized carbons (Fsp3) is 0.148. The van der Waals surface area contributed by atoms with Gasteiger partial charge in [0.05, 0.1) is 22.0 Å². The van der Waals surface area contributed by atoms with Gasteiger partial charge < -0.3 is 20.5 Å². The average Bonchev–Trinajstić information content (AvgIpc) is 3.69. The number of aryl methyl sites for hydroxylation is 1. The van der Waals surface area contributed by atoms with Crippen LogP contribution in [0.25, 0.3) is 17.2 Å². The van der Waals surface area contributed by atoms with Crippen molar-refractivity contribution in [2.75, 3.05) is 5.32 Å². The summed E-state index contributed by atoms with van der Waals surface area (Å²) in [5, 5.41) is 19.0. The number of rotatable bonds is 7. The Hall–Kier alpha value is -5.65. The summed E-state index contributed by atoms with van der Waals surface area (Å²) >= 11 is 6.33. The number of carbonyl (C=O) groups excluding carboxylic acids is 2. The molecule has 2 amide bonds. The minimum atomic E-state index is -4.51. The molecule has 6 rings (SSSR count). The number of hydrogen-bond acceptors (Lipinski definition) is 9. The van der Waals surface area contributed by atoms with Gasteiger partial charge in [-0.05, 0) is 54.1 Å². The van der Waals surface area contributed by atoms with Crippen LogP contribution in [0.1, 0.15) is 37.7 Å². The second kappa shape index (κ2) is 11.1. The van der Waals surface area contributed by atoms with Gasteiger partial charge in [-0.25, -0.2) is 9.67 Å². The smallest absolute Gasteiger partial charge is 0.395 e. The molecule has 0 bridgehead atoms. The summed E-state index contributed by atoms with van der Waals surface area (Å²) in [5.74, 6) is -3.09. The molecule has 5 aromatic rings. The number of primary amides is 1. The van der Waals surface area contributed by atoms with Gasteiger partial charge in [-0.3, -0.25) is 9.59 Å². The summed E-state index contributed by atoms with van der Waals surface area (Å²) in [4.78, 5) is 31.3. The van der Waals surface area contributed by atoms with E-state index in [4.69, 9.17) is 17.3 Å². The summed E-state index contributed by atoms with van der Waals surface area (Å²) in [7, 11) is 0. The zero-order valence-electron chi connectivity index (χ0n) is 23.0. The lowest BCUT2D eigenvalue weighted by Gasteiger charge is -2.14. The van der Waals surface area contributed by atoms with Crippen LogP contribution in [0.15, 0.2) is 54.7 Å². The van der Waals surface area contributed by atoms with Crippen LogP contribution >= 0.6 is 11.6 Å². The monoisotopic (exact) mass is 661 g/mol. The molecule has 236 valence electrons. The topological polar surface area (TPSA) is 165 Å².